The van der Waals surface area contributed by atoms with Crippen LogP contribution in [-0.4, -0.2) is 22.3 Å². The second kappa shape index (κ2) is 4.26. The van der Waals surface area contributed by atoms with E-state index in [2.05, 4.69) is 4.98 Å². The van der Waals surface area contributed by atoms with Crippen molar-refractivity contribution in [2.45, 2.75) is 51.2 Å². The van der Waals surface area contributed by atoms with Gasteiger partial charge in [-0.3, -0.25) is 9.36 Å². The lowest BCUT2D eigenvalue weighted by Gasteiger charge is -2.15. The smallest absolute Gasteiger partial charge is 0.253 e. The third-order valence-electron chi connectivity index (χ3n) is 3.52. The Balaban J connectivity index is 1.92. The standard InChI is InChI=1S/C13H18N2O2/c1-9-7-12(16)15(8-11-3-2-6-17-11)13(14-9)10-4-5-10/h7,10-11H,2-6,8H2,1H3. The zero-order valence-corrected chi connectivity index (χ0v) is 10.2. The fourth-order valence-electron chi connectivity index (χ4n) is 2.47. The van der Waals surface area contributed by atoms with Crippen LogP contribution in [0, 0.1) is 6.92 Å². The minimum Gasteiger partial charge on any atom is -0.376 e. The summed E-state index contributed by atoms with van der Waals surface area (Å²) >= 11 is 0. The normalized spacial score (nSPS) is 24.2. The van der Waals surface area contributed by atoms with E-state index in [1.807, 2.05) is 11.5 Å². The van der Waals surface area contributed by atoms with Crippen LogP contribution in [0.3, 0.4) is 0 Å². The van der Waals surface area contributed by atoms with Gasteiger partial charge in [0.1, 0.15) is 5.82 Å². The lowest BCUT2D eigenvalue weighted by atomic mass is 10.2. The van der Waals surface area contributed by atoms with Gasteiger partial charge in [-0.2, -0.15) is 0 Å². The van der Waals surface area contributed by atoms with Crippen LogP contribution in [-0.2, 0) is 11.3 Å². The first-order valence-electron chi connectivity index (χ1n) is 6.44. The molecule has 0 radical (unpaired) electrons. The molecule has 2 heterocycles. The monoisotopic (exact) mass is 234 g/mol. The molecule has 92 valence electrons. The number of ether oxygens (including phenoxy) is 1. The molecule has 0 spiro atoms. The Morgan fingerprint density at radius 1 is 1.47 bits per heavy atom. The molecule has 1 atom stereocenters. The molecule has 0 N–H and O–H groups in total. The summed E-state index contributed by atoms with van der Waals surface area (Å²) in [4.78, 5) is 16.6. The number of rotatable bonds is 3. The maximum Gasteiger partial charge on any atom is 0.253 e. The highest BCUT2D eigenvalue weighted by Gasteiger charge is 2.30. The molecule has 1 aromatic heterocycles. The molecule has 1 saturated carbocycles. The van der Waals surface area contributed by atoms with E-state index in [9.17, 15) is 4.79 Å². The molecule has 2 aliphatic rings. The second-order valence-electron chi connectivity index (χ2n) is 5.11. The summed E-state index contributed by atoms with van der Waals surface area (Å²) < 4.78 is 7.44. The first kappa shape index (κ1) is 11.0. The summed E-state index contributed by atoms with van der Waals surface area (Å²) in [6.07, 6.45) is 4.71. The zero-order valence-electron chi connectivity index (χ0n) is 10.2. The van der Waals surface area contributed by atoms with Gasteiger partial charge in [-0.25, -0.2) is 4.98 Å². The van der Waals surface area contributed by atoms with Gasteiger partial charge in [0.2, 0.25) is 0 Å². The van der Waals surface area contributed by atoms with Crippen molar-refractivity contribution in [3.8, 4) is 0 Å². The van der Waals surface area contributed by atoms with Gasteiger partial charge in [0.25, 0.3) is 5.56 Å². The van der Waals surface area contributed by atoms with E-state index in [4.69, 9.17) is 4.74 Å². The van der Waals surface area contributed by atoms with Crippen LogP contribution in [0.25, 0.3) is 0 Å². The van der Waals surface area contributed by atoms with Gasteiger partial charge in [0.15, 0.2) is 0 Å². The van der Waals surface area contributed by atoms with Gasteiger partial charge in [0, 0.05) is 24.3 Å². The Labute approximate surface area is 101 Å². The van der Waals surface area contributed by atoms with Crippen LogP contribution >= 0.6 is 0 Å². The molecule has 1 saturated heterocycles. The molecule has 1 aliphatic carbocycles. The van der Waals surface area contributed by atoms with Crippen molar-refractivity contribution >= 4 is 0 Å². The maximum atomic E-state index is 12.0. The lowest BCUT2D eigenvalue weighted by molar-refractivity contribution is 0.0950. The van der Waals surface area contributed by atoms with Gasteiger partial charge in [-0.1, -0.05) is 0 Å². The predicted molar refractivity (Wildman–Crippen MR) is 64.2 cm³/mol. The molecule has 1 aliphatic heterocycles. The average molecular weight is 234 g/mol. The van der Waals surface area contributed by atoms with Gasteiger partial charge in [-0.05, 0) is 32.6 Å². The van der Waals surface area contributed by atoms with Crippen molar-refractivity contribution in [3.63, 3.8) is 0 Å². The van der Waals surface area contributed by atoms with Crippen LogP contribution in [0.2, 0.25) is 0 Å². The summed E-state index contributed by atoms with van der Waals surface area (Å²) in [6, 6.07) is 1.63. The van der Waals surface area contributed by atoms with Crippen molar-refractivity contribution in [1.29, 1.82) is 0 Å². The van der Waals surface area contributed by atoms with E-state index in [-0.39, 0.29) is 11.7 Å². The number of aryl methyl sites for hydroxylation is 1. The highest BCUT2D eigenvalue weighted by Crippen LogP contribution is 2.38. The Bertz CT molecular complexity index is 471. The van der Waals surface area contributed by atoms with Gasteiger partial charge in [0.05, 0.1) is 12.6 Å². The van der Waals surface area contributed by atoms with Crippen LogP contribution in [0.1, 0.15) is 43.1 Å². The topological polar surface area (TPSA) is 44.1 Å². The lowest BCUT2D eigenvalue weighted by Crippen LogP contribution is -2.29. The largest absolute Gasteiger partial charge is 0.376 e. The molecule has 0 amide bonds. The highest BCUT2D eigenvalue weighted by molar-refractivity contribution is 5.11. The molecule has 4 heteroatoms. The van der Waals surface area contributed by atoms with E-state index < -0.39 is 0 Å². The maximum absolute atomic E-state index is 12.0. The molecular formula is C13H18N2O2. The summed E-state index contributed by atoms with van der Waals surface area (Å²) in [5.74, 6) is 1.48. The molecule has 4 nitrogen and oxygen atoms in total. The number of nitrogens with zero attached hydrogens (tertiary/aromatic N) is 2. The van der Waals surface area contributed by atoms with E-state index in [1.54, 1.807) is 6.07 Å². The van der Waals surface area contributed by atoms with Crippen LogP contribution in [0.15, 0.2) is 10.9 Å². The minimum atomic E-state index is 0.0786. The third kappa shape index (κ3) is 2.27. The fourth-order valence-corrected chi connectivity index (χ4v) is 2.47. The van der Waals surface area contributed by atoms with E-state index in [1.165, 1.54) is 12.8 Å². The van der Waals surface area contributed by atoms with E-state index in [0.29, 0.717) is 12.5 Å². The average Bonchev–Trinajstić information content (AvgIpc) is 3.00. The van der Waals surface area contributed by atoms with Gasteiger partial charge >= 0.3 is 0 Å². The summed E-state index contributed by atoms with van der Waals surface area (Å²) in [5.41, 5.74) is 0.912. The van der Waals surface area contributed by atoms with Gasteiger partial charge < -0.3 is 4.74 Å². The zero-order chi connectivity index (χ0) is 11.8. The van der Waals surface area contributed by atoms with Crippen LogP contribution < -0.4 is 5.56 Å². The number of hydrogen-bond donors (Lipinski definition) is 0. The van der Waals surface area contributed by atoms with Crippen molar-refractivity contribution in [1.82, 2.24) is 9.55 Å². The minimum absolute atomic E-state index is 0.0786. The summed E-state index contributed by atoms with van der Waals surface area (Å²) in [6.45, 7) is 3.40. The van der Waals surface area contributed by atoms with Crippen molar-refractivity contribution in [3.05, 3.63) is 27.9 Å². The molecule has 1 aromatic rings. The summed E-state index contributed by atoms with van der Waals surface area (Å²) in [5, 5.41) is 0. The van der Waals surface area contributed by atoms with Crippen LogP contribution in [0.5, 0.6) is 0 Å². The quantitative estimate of drug-likeness (QED) is 0.798. The molecular weight excluding hydrogens is 216 g/mol. The Kier molecular flexibility index (Phi) is 2.74. The Hall–Kier alpha value is -1.16. The number of aromatic nitrogens is 2. The van der Waals surface area contributed by atoms with Crippen molar-refractivity contribution in [2.75, 3.05) is 6.61 Å². The van der Waals surface area contributed by atoms with E-state index in [0.717, 1.165) is 31.0 Å². The molecule has 0 aromatic carbocycles. The summed E-state index contributed by atoms with van der Waals surface area (Å²) in [7, 11) is 0. The predicted octanol–water partition coefficient (Wildman–Crippen LogP) is 1.61. The third-order valence-corrected chi connectivity index (χ3v) is 3.52. The Morgan fingerprint density at radius 3 is 2.94 bits per heavy atom. The van der Waals surface area contributed by atoms with Crippen LogP contribution in [0.4, 0.5) is 0 Å². The Morgan fingerprint density at radius 2 is 2.29 bits per heavy atom. The van der Waals surface area contributed by atoms with E-state index >= 15 is 0 Å². The molecule has 17 heavy (non-hydrogen) atoms. The SMILES string of the molecule is Cc1cc(=O)n(CC2CCCO2)c(C2CC2)n1. The van der Waals surface area contributed by atoms with Crippen molar-refractivity contribution < 1.29 is 4.74 Å². The van der Waals surface area contributed by atoms with Crippen molar-refractivity contribution in [2.24, 2.45) is 0 Å². The fraction of sp³-hybridized carbons (Fsp3) is 0.692. The first-order valence-corrected chi connectivity index (χ1v) is 6.44. The van der Waals surface area contributed by atoms with Gasteiger partial charge in [-0.15, -0.1) is 0 Å². The first-order chi connectivity index (χ1) is 8.24. The highest BCUT2D eigenvalue weighted by atomic mass is 16.5. The number of hydrogen-bond acceptors (Lipinski definition) is 3. The molecule has 1 unspecified atom stereocenters. The molecule has 0 bridgehead atoms. The molecule has 2 fully saturated rings. The second-order valence-corrected chi connectivity index (χ2v) is 5.11. The molecule has 3 rings (SSSR count).